The molecule has 0 saturated heterocycles. The van der Waals surface area contributed by atoms with Gasteiger partial charge in [-0.25, -0.2) is 9.97 Å². The topological polar surface area (TPSA) is 92.9 Å². The van der Waals surface area contributed by atoms with Crippen molar-refractivity contribution in [2.45, 2.75) is 33.6 Å². The summed E-state index contributed by atoms with van der Waals surface area (Å²) in [4.78, 5) is 21.2. The Morgan fingerprint density at radius 3 is 2.58 bits per heavy atom. The van der Waals surface area contributed by atoms with Gasteiger partial charge in [0.2, 0.25) is 5.95 Å². The molecule has 0 aliphatic heterocycles. The van der Waals surface area contributed by atoms with Gasteiger partial charge in [0.25, 0.3) is 5.91 Å². The smallest absolute Gasteiger partial charge is 0.275 e. The fourth-order valence-electron chi connectivity index (χ4n) is 2.58. The number of carbonyl (C=O) groups is 1. The number of aryl methyl sites for hydroxylation is 2. The molecule has 2 N–H and O–H groups in total. The molecule has 3 rings (SSSR count). The number of aromatic nitrogens is 3. The van der Waals surface area contributed by atoms with E-state index in [2.05, 4.69) is 45.7 Å². The Hall–Kier alpha value is -3.22. The first-order valence-electron chi connectivity index (χ1n) is 8.38. The highest BCUT2D eigenvalue weighted by Crippen LogP contribution is 2.25. The molecule has 0 saturated carbocycles. The summed E-state index contributed by atoms with van der Waals surface area (Å²) >= 11 is 0. The van der Waals surface area contributed by atoms with E-state index in [1.165, 1.54) is 0 Å². The van der Waals surface area contributed by atoms with Gasteiger partial charge in [0.15, 0.2) is 5.82 Å². The van der Waals surface area contributed by atoms with E-state index in [1.54, 1.807) is 19.1 Å². The fraction of sp³-hybridized carbons (Fsp3) is 0.263. The SMILES string of the molecule is Cc1cc(C(=O)Nc2cc(C)on2)nc(Nc2ccccc2C(C)C)n1. The van der Waals surface area contributed by atoms with Crippen LogP contribution in [0.4, 0.5) is 17.5 Å². The standard InChI is InChI=1S/C19H21N5O2/c1-11(2)14-7-5-6-8-15(14)21-19-20-12(3)9-16(22-19)18(25)23-17-10-13(4)26-24-17/h5-11H,1-4H3,(H,20,21,22)(H,23,24,25). The molecule has 0 fully saturated rings. The van der Waals surface area contributed by atoms with E-state index in [1.807, 2.05) is 25.1 Å². The Morgan fingerprint density at radius 1 is 1.12 bits per heavy atom. The van der Waals surface area contributed by atoms with Crippen LogP contribution in [0.25, 0.3) is 0 Å². The minimum Gasteiger partial charge on any atom is -0.360 e. The average molecular weight is 351 g/mol. The predicted octanol–water partition coefficient (Wildman–Crippen LogP) is 4.20. The molecule has 2 aromatic heterocycles. The van der Waals surface area contributed by atoms with Crippen LogP contribution in [0.1, 0.15) is 47.3 Å². The van der Waals surface area contributed by atoms with Crippen LogP contribution < -0.4 is 10.6 Å². The minimum absolute atomic E-state index is 0.252. The first-order chi connectivity index (χ1) is 12.4. The highest BCUT2D eigenvalue weighted by atomic mass is 16.5. The zero-order chi connectivity index (χ0) is 18.7. The molecule has 1 aromatic carbocycles. The maximum absolute atomic E-state index is 12.4. The van der Waals surface area contributed by atoms with Crippen molar-refractivity contribution in [2.75, 3.05) is 10.6 Å². The first-order valence-corrected chi connectivity index (χ1v) is 8.38. The van der Waals surface area contributed by atoms with Crippen LogP contribution in [-0.4, -0.2) is 21.0 Å². The van der Waals surface area contributed by atoms with Crippen molar-refractivity contribution in [1.29, 1.82) is 0 Å². The second-order valence-electron chi connectivity index (χ2n) is 6.36. The van der Waals surface area contributed by atoms with Crippen molar-refractivity contribution in [3.8, 4) is 0 Å². The van der Waals surface area contributed by atoms with Crippen LogP contribution in [-0.2, 0) is 0 Å². The number of rotatable bonds is 5. The van der Waals surface area contributed by atoms with E-state index < -0.39 is 0 Å². The lowest BCUT2D eigenvalue weighted by atomic mass is 10.0. The minimum atomic E-state index is -0.371. The maximum Gasteiger partial charge on any atom is 0.275 e. The Morgan fingerprint density at radius 2 is 1.88 bits per heavy atom. The normalized spacial score (nSPS) is 10.8. The molecule has 0 radical (unpaired) electrons. The third-order valence-corrected chi connectivity index (χ3v) is 3.79. The number of amides is 1. The molecular weight excluding hydrogens is 330 g/mol. The summed E-state index contributed by atoms with van der Waals surface area (Å²) in [5.41, 5.74) is 3.02. The second kappa shape index (κ2) is 7.35. The quantitative estimate of drug-likeness (QED) is 0.715. The molecule has 134 valence electrons. The van der Waals surface area contributed by atoms with Gasteiger partial charge >= 0.3 is 0 Å². The van der Waals surface area contributed by atoms with Crippen molar-refractivity contribution >= 4 is 23.4 Å². The van der Waals surface area contributed by atoms with Crippen LogP contribution in [0.15, 0.2) is 40.9 Å². The van der Waals surface area contributed by atoms with Gasteiger partial charge in [0.1, 0.15) is 11.5 Å². The van der Waals surface area contributed by atoms with E-state index in [0.29, 0.717) is 29.1 Å². The zero-order valence-electron chi connectivity index (χ0n) is 15.2. The van der Waals surface area contributed by atoms with Gasteiger partial charge in [-0.15, -0.1) is 0 Å². The van der Waals surface area contributed by atoms with Crippen molar-refractivity contribution in [3.05, 3.63) is 59.1 Å². The van der Waals surface area contributed by atoms with Crippen LogP contribution in [0.3, 0.4) is 0 Å². The molecule has 0 unspecified atom stereocenters. The number of nitrogens with one attached hydrogen (secondary N) is 2. The van der Waals surface area contributed by atoms with E-state index in [9.17, 15) is 4.79 Å². The monoisotopic (exact) mass is 351 g/mol. The molecule has 0 aliphatic carbocycles. The summed E-state index contributed by atoms with van der Waals surface area (Å²) in [5.74, 6) is 1.32. The molecule has 7 heteroatoms. The van der Waals surface area contributed by atoms with Gasteiger partial charge in [0, 0.05) is 17.4 Å². The molecular formula is C19H21N5O2. The van der Waals surface area contributed by atoms with Crippen molar-refractivity contribution in [1.82, 2.24) is 15.1 Å². The van der Waals surface area contributed by atoms with E-state index in [0.717, 1.165) is 11.3 Å². The Labute approximate surface area is 151 Å². The molecule has 0 bridgehead atoms. The Kier molecular flexibility index (Phi) is 4.97. The molecule has 7 nitrogen and oxygen atoms in total. The Bertz CT molecular complexity index is 933. The van der Waals surface area contributed by atoms with Crippen molar-refractivity contribution < 1.29 is 9.32 Å². The number of hydrogen-bond donors (Lipinski definition) is 2. The lowest BCUT2D eigenvalue weighted by Crippen LogP contribution is -2.16. The second-order valence-corrected chi connectivity index (χ2v) is 6.36. The third-order valence-electron chi connectivity index (χ3n) is 3.79. The first kappa shape index (κ1) is 17.6. The van der Waals surface area contributed by atoms with Crippen LogP contribution >= 0.6 is 0 Å². The highest BCUT2D eigenvalue weighted by Gasteiger charge is 2.14. The van der Waals surface area contributed by atoms with Crippen LogP contribution in [0.2, 0.25) is 0 Å². The summed E-state index contributed by atoms with van der Waals surface area (Å²) < 4.78 is 4.95. The summed E-state index contributed by atoms with van der Waals surface area (Å²) in [6.07, 6.45) is 0. The van der Waals surface area contributed by atoms with Gasteiger partial charge in [-0.3, -0.25) is 4.79 Å². The molecule has 0 atom stereocenters. The summed E-state index contributed by atoms with van der Waals surface area (Å²) in [6, 6.07) is 11.2. The summed E-state index contributed by atoms with van der Waals surface area (Å²) in [6.45, 7) is 7.82. The van der Waals surface area contributed by atoms with E-state index in [-0.39, 0.29) is 11.6 Å². The molecule has 1 amide bonds. The molecule has 26 heavy (non-hydrogen) atoms. The fourth-order valence-corrected chi connectivity index (χ4v) is 2.58. The number of para-hydroxylation sites is 1. The van der Waals surface area contributed by atoms with E-state index >= 15 is 0 Å². The molecule has 2 heterocycles. The number of hydrogen-bond acceptors (Lipinski definition) is 6. The lowest BCUT2D eigenvalue weighted by Gasteiger charge is -2.14. The van der Waals surface area contributed by atoms with Crippen LogP contribution in [0.5, 0.6) is 0 Å². The van der Waals surface area contributed by atoms with Gasteiger partial charge in [0.05, 0.1) is 0 Å². The Balaban J connectivity index is 1.85. The predicted molar refractivity (Wildman–Crippen MR) is 99.8 cm³/mol. The van der Waals surface area contributed by atoms with Crippen molar-refractivity contribution in [2.24, 2.45) is 0 Å². The average Bonchev–Trinajstić information content (AvgIpc) is 2.99. The van der Waals surface area contributed by atoms with Gasteiger partial charge in [-0.05, 0) is 37.5 Å². The molecule has 0 aliphatic rings. The summed E-state index contributed by atoms with van der Waals surface area (Å²) in [7, 11) is 0. The highest BCUT2D eigenvalue weighted by molar-refractivity contribution is 6.02. The van der Waals surface area contributed by atoms with Gasteiger partial charge in [-0.1, -0.05) is 37.2 Å². The van der Waals surface area contributed by atoms with Crippen LogP contribution in [0, 0.1) is 13.8 Å². The van der Waals surface area contributed by atoms with Crippen molar-refractivity contribution in [3.63, 3.8) is 0 Å². The van der Waals surface area contributed by atoms with E-state index in [4.69, 9.17) is 4.52 Å². The van der Waals surface area contributed by atoms with Gasteiger partial charge in [-0.2, -0.15) is 0 Å². The number of anilines is 3. The molecule has 0 spiro atoms. The zero-order valence-corrected chi connectivity index (χ0v) is 15.2. The number of nitrogens with zero attached hydrogens (tertiary/aromatic N) is 3. The maximum atomic E-state index is 12.4. The lowest BCUT2D eigenvalue weighted by molar-refractivity contribution is 0.102. The summed E-state index contributed by atoms with van der Waals surface area (Å²) in [5, 5.41) is 9.65. The largest absolute Gasteiger partial charge is 0.360 e. The number of benzene rings is 1. The third kappa shape index (κ3) is 4.05. The molecule has 3 aromatic rings. The van der Waals surface area contributed by atoms with Gasteiger partial charge < -0.3 is 15.2 Å². The number of carbonyl (C=O) groups excluding carboxylic acids is 1.